The molecule has 11 rings (SSSR count). The molecule has 0 bridgehead atoms. The van der Waals surface area contributed by atoms with E-state index in [1.54, 1.807) is 0 Å². The van der Waals surface area contributed by atoms with E-state index in [1.165, 1.54) is 22.3 Å². The number of nitrogens with one attached hydrogen (secondary N) is 2. The predicted molar refractivity (Wildman–Crippen MR) is 274 cm³/mol. The second-order valence-electron chi connectivity index (χ2n) is 17.4. The zero-order chi connectivity index (χ0) is 43.9. The summed E-state index contributed by atoms with van der Waals surface area (Å²) in [5.41, 5.74) is 21.0. The van der Waals surface area contributed by atoms with E-state index in [4.69, 9.17) is 0 Å². The van der Waals surface area contributed by atoms with Crippen LogP contribution in [0, 0.1) is 5.41 Å². The van der Waals surface area contributed by atoms with E-state index in [-0.39, 0.29) is 5.41 Å². The Bertz CT molecular complexity index is 3240. The summed E-state index contributed by atoms with van der Waals surface area (Å²) in [4.78, 5) is 2.43. The number of allylic oxidation sites excluding steroid dienone is 1. The Labute approximate surface area is 381 Å². The number of fused-ring (bicyclic) bond motifs is 4. The molecule has 0 amide bonds. The minimum atomic E-state index is -0.180. The van der Waals surface area contributed by atoms with Crippen LogP contribution in [0.3, 0.4) is 0 Å². The van der Waals surface area contributed by atoms with Crippen LogP contribution in [0.1, 0.15) is 52.8 Å². The third-order valence-electron chi connectivity index (χ3n) is 13.0. The molecule has 3 nitrogen and oxygen atoms in total. The van der Waals surface area contributed by atoms with Gasteiger partial charge in [0.25, 0.3) is 0 Å². The maximum Gasteiger partial charge on any atom is 0.0711 e. The van der Waals surface area contributed by atoms with Crippen molar-refractivity contribution in [2.24, 2.45) is 0 Å². The van der Waals surface area contributed by atoms with Gasteiger partial charge in [0.15, 0.2) is 0 Å². The van der Waals surface area contributed by atoms with Crippen LogP contribution in [0.5, 0.6) is 0 Å². The lowest BCUT2D eigenvalue weighted by Gasteiger charge is -2.31. The van der Waals surface area contributed by atoms with Gasteiger partial charge in [0, 0.05) is 44.9 Å². The summed E-state index contributed by atoms with van der Waals surface area (Å²) in [5, 5.41) is 13.7. The van der Waals surface area contributed by atoms with Crippen LogP contribution in [0.15, 0.2) is 231 Å². The quantitative estimate of drug-likeness (QED) is 0.142. The number of hydrogen-bond acceptors (Lipinski definition) is 3. The van der Waals surface area contributed by atoms with Crippen LogP contribution >= 0.6 is 0 Å². The van der Waals surface area contributed by atoms with Gasteiger partial charge in [-0.3, -0.25) is 5.41 Å². The second kappa shape index (κ2) is 16.5. The summed E-state index contributed by atoms with van der Waals surface area (Å²) in [6.45, 7) is 4.70. The van der Waals surface area contributed by atoms with E-state index in [0.29, 0.717) is 5.71 Å². The average Bonchev–Trinajstić information content (AvgIpc) is 3.60. The van der Waals surface area contributed by atoms with Crippen molar-refractivity contribution >= 4 is 45.8 Å². The molecule has 1 heterocycles. The van der Waals surface area contributed by atoms with Gasteiger partial charge in [-0.2, -0.15) is 0 Å². The largest absolute Gasteiger partial charge is 0.354 e. The molecular weight excluding hydrogens is 787 g/mol. The molecule has 0 aromatic heterocycles. The third-order valence-corrected chi connectivity index (χ3v) is 13.0. The highest BCUT2D eigenvalue weighted by atomic mass is 15.1. The van der Waals surface area contributed by atoms with E-state index in [0.717, 1.165) is 84.1 Å². The van der Waals surface area contributed by atoms with Crippen molar-refractivity contribution in [3.05, 3.63) is 269 Å². The Morgan fingerprint density at radius 2 is 0.908 bits per heavy atom. The molecule has 0 radical (unpaired) electrons. The average molecular weight is 834 g/mol. The number of rotatable bonds is 9. The summed E-state index contributed by atoms with van der Waals surface area (Å²) in [6, 6.07) is 82.0. The molecule has 0 atom stereocenters. The van der Waals surface area contributed by atoms with Gasteiger partial charge in [0.2, 0.25) is 0 Å². The van der Waals surface area contributed by atoms with Crippen LogP contribution in [-0.4, -0.2) is 5.71 Å². The molecule has 0 saturated carbocycles. The molecule has 0 fully saturated rings. The van der Waals surface area contributed by atoms with Crippen molar-refractivity contribution in [3.63, 3.8) is 0 Å². The lowest BCUT2D eigenvalue weighted by Crippen LogP contribution is -2.21. The number of benzene rings is 9. The molecule has 1 aliphatic carbocycles. The third kappa shape index (κ3) is 7.27. The number of nitrogens with zero attached hydrogens (tertiary/aromatic N) is 1. The summed E-state index contributed by atoms with van der Waals surface area (Å²) in [6.07, 6.45) is 2.27. The molecule has 65 heavy (non-hydrogen) atoms. The van der Waals surface area contributed by atoms with Crippen LogP contribution in [0.25, 0.3) is 56.4 Å². The minimum absolute atomic E-state index is 0.180. The van der Waals surface area contributed by atoms with Crippen molar-refractivity contribution in [1.82, 2.24) is 5.32 Å². The summed E-state index contributed by atoms with van der Waals surface area (Å²) in [5.74, 6) is 0. The Hall–Kier alpha value is -8.27. The first kappa shape index (κ1) is 39.6. The van der Waals surface area contributed by atoms with Crippen molar-refractivity contribution in [2.75, 3.05) is 4.90 Å². The highest BCUT2D eigenvalue weighted by Crippen LogP contribution is 2.51. The molecule has 9 aromatic rings. The molecule has 3 heteroatoms. The van der Waals surface area contributed by atoms with Crippen molar-refractivity contribution in [1.29, 1.82) is 5.41 Å². The highest BCUT2D eigenvalue weighted by Gasteiger charge is 2.36. The van der Waals surface area contributed by atoms with Crippen LogP contribution in [0.2, 0.25) is 0 Å². The van der Waals surface area contributed by atoms with Gasteiger partial charge in [0.1, 0.15) is 0 Å². The molecule has 0 spiro atoms. The Balaban J connectivity index is 1.17. The molecule has 2 N–H and O–H groups in total. The first-order valence-electron chi connectivity index (χ1n) is 22.3. The highest BCUT2D eigenvalue weighted by molar-refractivity contribution is 6.36. The Morgan fingerprint density at radius 1 is 0.415 bits per heavy atom. The van der Waals surface area contributed by atoms with Crippen molar-refractivity contribution in [3.8, 4) is 33.4 Å². The maximum absolute atomic E-state index is 9.81. The standard InChI is InChI=1S/C62H47N3/c1-62(2)56-31-19-18-30-54(56)55-35-33-51(41-57(55)62)65(52-37-47(42-20-8-3-9-21-42)36-48(38-52)43-22-10-4-11-23-43)50-32-34-53-49(39-50)40-58(44-24-12-5-13-25-44)64-61(53)59(45-26-14-6-15-27-45)60(63)46-28-16-7-17-29-46/h3-41,63-64H,1-2H3/b61-59-,63-60?. The minimum Gasteiger partial charge on any atom is -0.354 e. The van der Waals surface area contributed by atoms with Gasteiger partial charge in [-0.15, -0.1) is 0 Å². The summed E-state index contributed by atoms with van der Waals surface area (Å²) in [7, 11) is 0. The van der Waals surface area contributed by atoms with Gasteiger partial charge < -0.3 is 10.2 Å². The first-order valence-corrected chi connectivity index (χ1v) is 22.3. The molecule has 2 aliphatic rings. The van der Waals surface area contributed by atoms with Gasteiger partial charge in [0.05, 0.1) is 11.4 Å². The molecular formula is C62H47N3. The SMILES string of the molecule is CC1(C)c2ccccc2-c2ccc(N(c3cc(-c4ccccc4)cc(-c4ccccc4)c3)c3ccc4c(c3)C=C(c3ccccc3)N/C4=C(\C(=N)c3ccccc3)c3ccccc3)cc21. The van der Waals surface area contributed by atoms with E-state index in [2.05, 4.69) is 224 Å². The lowest BCUT2D eigenvalue weighted by atomic mass is 9.82. The van der Waals surface area contributed by atoms with E-state index < -0.39 is 0 Å². The van der Waals surface area contributed by atoms with Crippen LogP contribution in [-0.2, 0) is 5.41 Å². The maximum atomic E-state index is 9.81. The Morgan fingerprint density at radius 3 is 1.52 bits per heavy atom. The zero-order valence-electron chi connectivity index (χ0n) is 36.5. The number of hydrogen-bond donors (Lipinski definition) is 2. The fraction of sp³-hybridized carbons (Fsp3) is 0.0484. The predicted octanol–water partition coefficient (Wildman–Crippen LogP) is 15.8. The topological polar surface area (TPSA) is 39.1 Å². The fourth-order valence-electron chi connectivity index (χ4n) is 9.78. The van der Waals surface area contributed by atoms with Crippen LogP contribution < -0.4 is 10.2 Å². The fourth-order valence-corrected chi connectivity index (χ4v) is 9.78. The Kier molecular flexibility index (Phi) is 10.0. The molecule has 1 aliphatic heterocycles. The first-order chi connectivity index (χ1) is 31.9. The molecule has 310 valence electrons. The molecule has 0 saturated heterocycles. The van der Waals surface area contributed by atoms with Crippen molar-refractivity contribution < 1.29 is 0 Å². The van der Waals surface area contributed by atoms with Gasteiger partial charge >= 0.3 is 0 Å². The zero-order valence-corrected chi connectivity index (χ0v) is 36.5. The molecule has 0 unspecified atom stereocenters. The van der Waals surface area contributed by atoms with Gasteiger partial charge in [-0.1, -0.05) is 202 Å². The van der Waals surface area contributed by atoms with E-state index in [9.17, 15) is 5.41 Å². The smallest absolute Gasteiger partial charge is 0.0711 e. The monoisotopic (exact) mass is 833 g/mol. The molecule has 9 aromatic carbocycles. The van der Waals surface area contributed by atoms with E-state index in [1.807, 2.05) is 36.4 Å². The van der Waals surface area contributed by atoms with Crippen LogP contribution in [0.4, 0.5) is 17.1 Å². The van der Waals surface area contributed by atoms with Gasteiger partial charge in [-0.25, -0.2) is 0 Å². The van der Waals surface area contributed by atoms with Gasteiger partial charge in [-0.05, 0) is 110 Å². The normalized spacial score (nSPS) is 14.0. The lowest BCUT2D eigenvalue weighted by molar-refractivity contribution is 0.660. The second-order valence-corrected chi connectivity index (χ2v) is 17.4. The summed E-state index contributed by atoms with van der Waals surface area (Å²) >= 11 is 0. The summed E-state index contributed by atoms with van der Waals surface area (Å²) < 4.78 is 0. The van der Waals surface area contributed by atoms with Crippen molar-refractivity contribution in [2.45, 2.75) is 19.3 Å². The number of anilines is 3. The van der Waals surface area contributed by atoms with E-state index >= 15 is 0 Å².